The molecule has 0 unspecified atom stereocenters. The molecule has 0 spiro atoms. The summed E-state index contributed by atoms with van der Waals surface area (Å²) in [6.07, 6.45) is 2.68. The van der Waals surface area contributed by atoms with Crippen LogP contribution in [-0.2, 0) is 14.8 Å². The maximum atomic E-state index is 11.8. The van der Waals surface area contributed by atoms with Gasteiger partial charge in [-0.15, -0.1) is 0 Å². The van der Waals surface area contributed by atoms with E-state index in [4.69, 9.17) is 5.11 Å². The summed E-state index contributed by atoms with van der Waals surface area (Å²) in [5.41, 5.74) is 0. The van der Waals surface area contributed by atoms with Crippen molar-refractivity contribution in [2.75, 3.05) is 18.8 Å². The average molecular weight is 249 g/mol. The monoisotopic (exact) mass is 249 g/mol. The summed E-state index contributed by atoms with van der Waals surface area (Å²) in [7, 11) is -3.24. The molecule has 0 bridgehead atoms. The molecular formula is C10H19NO4S. The van der Waals surface area contributed by atoms with Crippen LogP contribution in [0.3, 0.4) is 0 Å². The fraction of sp³-hybridized carbons (Fsp3) is 0.900. The topological polar surface area (TPSA) is 74.7 Å². The van der Waals surface area contributed by atoms with E-state index in [0.29, 0.717) is 25.8 Å². The van der Waals surface area contributed by atoms with Gasteiger partial charge in [0.2, 0.25) is 10.0 Å². The van der Waals surface area contributed by atoms with Gasteiger partial charge in [0, 0.05) is 13.1 Å². The molecule has 1 atom stereocenters. The number of piperidine rings is 1. The Bertz CT molecular complexity index is 339. The maximum absolute atomic E-state index is 11.8. The average Bonchev–Trinajstić information content (AvgIpc) is 2.26. The van der Waals surface area contributed by atoms with Gasteiger partial charge in [0.25, 0.3) is 0 Å². The lowest BCUT2D eigenvalue weighted by atomic mass is 10.0. The largest absolute Gasteiger partial charge is 0.481 e. The molecule has 1 saturated heterocycles. The van der Waals surface area contributed by atoms with Gasteiger partial charge >= 0.3 is 5.97 Å². The van der Waals surface area contributed by atoms with Crippen LogP contribution >= 0.6 is 0 Å². The van der Waals surface area contributed by atoms with Crippen molar-refractivity contribution in [3.8, 4) is 0 Å². The lowest BCUT2D eigenvalue weighted by Gasteiger charge is -2.29. The molecule has 1 N–H and O–H groups in total. The Kier molecular flexibility index (Phi) is 4.73. The molecule has 0 aromatic rings. The molecule has 0 saturated carbocycles. The van der Waals surface area contributed by atoms with Gasteiger partial charge in [-0.25, -0.2) is 12.7 Å². The Labute approximate surface area is 96.5 Å². The first kappa shape index (κ1) is 13.4. The van der Waals surface area contributed by atoms with E-state index >= 15 is 0 Å². The molecule has 0 aromatic carbocycles. The van der Waals surface area contributed by atoms with Crippen LogP contribution in [0.4, 0.5) is 0 Å². The fourth-order valence-electron chi connectivity index (χ4n) is 1.85. The number of rotatable bonds is 5. The van der Waals surface area contributed by atoms with Crippen molar-refractivity contribution in [3.63, 3.8) is 0 Å². The Balaban J connectivity index is 2.62. The molecule has 1 aliphatic heterocycles. The summed E-state index contributed by atoms with van der Waals surface area (Å²) in [5.74, 6) is -1.30. The van der Waals surface area contributed by atoms with E-state index < -0.39 is 21.9 Å². The molecule has 94 valence electrons. The number of unbranched alkanes of at least 4 members (excludes halogenated alkanes) is 1. The first-order valence-electron chi connectivity index (χ1n) is 5.68. The highest BCUT2D eigenvalue weighted by Crippen LogP contribution is 2.20. The standard InChI is InChI=1S/C10H19NO4S/c1-2-3-7-16(14,15)11-6-4-5-9(8-11)10(12)13/h9H,2-8H2,1H3,(H,12,13)/t9-/m0/s1. The second-order valence-electron chi connectivity index (χ2n) is 4.20. The van der Waals surface area contributed by atoms with Crippen molar-refractivity contribution in [2.45, 2.75) is 32.6 Å². The highest BCUT2D eigenvalue weighted by molar-refractivity contribution is 7.89. The van der Waals surface area contributed by atoms with E-state index in [-0.39, 0.29) is 12.3 Å². The zero-order valence-corrected chi connectivity index (χ0v) is 10.4. The van der Waals surface area contributed by atoms with E-state index in [1.165, 1.54) is 4.31 Å². The highest BCUT2D eigenvalue weighted by atomic mass is 32.2. The first-order valence-corrected chi connectivity index (χ1v) is 7.29. The second kappa shape index (κ2) is 5.63. The van der Waals surface area contributed by atoms with Gasteiger partial charge in [-0.1, -0.05) is 13.3 Å². The van der Waals surface area contributed by atoms with Crippen LogP contribution in [0.15, 0.2) is 0 Å². The first-order chi connectivity index (χ1) is 7.47. The number of hydrogen-bond acceptors (Lipinski definition) is 3. The molecule has 0 amide bonds. The van der Waals surface area contributed by atoms with Gasteiger partial charge in [0.1, 0.15) is 0 Å². The number of carboxylic acids is 1. The van der Waals surface area contributed by atoms with Gasteiger partial charge < -0.3 is 5.11 Å². The maximum Gasteiger partial charge on any atom is 0.307 e. The van der Waals surface area contributed by atoms with Gasteiger partial charge in [0.05, 0.1) is 11.7 Å². The van der Waals surface area contributed by atoms with Crippen molar-refractivity contribution in [2.24, 2.45) is 5.92 Å². The van der Waals surface area contributed by atoms with E-state index in [2.05, 4.69) is 0 Å². The van der Waals surface area contributed by atoms with Crippen molar-refractivity contribution < 1.29 is 18.3 Å². The SMILES string of the molecule is CCCCS(=O)(=O)N1CCC[C@H](C(=O)O)C1. The lowest BCUT2D eigenvalue weighted by Crippen LogP contribution is -2.43. The van der Waals surface area contributed by atoms with Crippen LogP contribution in [0.1, 0.15) is 32.6 Å². The lowest BCUT2D eigenvalue weighted by molar-refractivity contribution is -0.142. The van der Waals surface area contributed by atoms with Gasteiger partial charge in [-0.2, -0.15) is 0 Å². The summed E-state index contributed by atoms with van der Waals surface area (Å²) in [6.45, 7) is 2.54. The molecule has 0 aliphatic carbocycles. The molecule has 6 heteroatoms. The quantitative estimate of drug-likeness (QED) is 0.786. The molecule has 1 rings (SSSR count). The smallest absolute Gasteiger partial charge is 0.307 e. The van der Waals surface area contributed by atoms with Crippen LogP contribution in [0.2, 0.25) is 0 Å². The number of nitrogens with zero attached hydrogens (tertiary/aromatic N) is 1. The third-order valence-electron chi connectivity index (χ3n) is 2.88. The third kappa shape index (κ3) is 3.45. The Morgan fingerprint density at radius 2 is 2.19 bits per heavy atom. The highest BCUT2D eigenvalue weighted by Gasteiger charge is 2.31. The Hall–Kier alpha value is -0.620. The van der Waals surface area contributed by atoms with E-state index in [9.17, 15) is 13.2 Å². The number of aliphatic carboxylic acids is 1. The molecule has 1 fully saturated rings. The van der Waals surface area contributed by atoms with Gasteiger partial charge in [0.15, 0.2) is 0 Å². The number of hydrogen-bond donors (Lipinski definition) is 1. The van der Waals surface area contributed by atoms with Gasteiger partial charge in [-0.05, 0) is 19.3 Å². The molecule has 16 heavy (non-hydrogen) atoms. The molecule has 0 aromatic heterocycles. The molecular weight excluding hydrogens is 230 g/mol. The van der Waals surface area contributed by atoms with Gasteiger partial charge in [-0.3, -0.25) is 4.79 Å². The molecule has 5 nitrogen and oxygen atoms in total. The second-order valence-corrected chi connectivity index (χ2v) is 6.29. The minimum Gasteiger partial charge on any atom is -0.481 e. The van der Waals surface area contributed by atoms with E-state index in [1.54, 1.807) is 0 Å². The van der Waals surface area contributed by atoms with Crippen LogP contribution in [-0.4, -0.2) is 42.6 Å². The minimum atomic E-state index is -3.24. The number of carboxylic acid groups (broad SMARTS) is 1. The summed E-state index contributed by atoms with van der Waals surface area (Å²) in [5, 5.41) is 8.88. The summed E-state index contributed by atoms with van der Waals surface area (Å²) in [6, 6.07) is 0. The predicted molar refractivity (Wildman–Crippen MR) is 60.6 cm³/mol. The zero-order valence-electron chi connectivity index (χ0n) is 9.55. The summed E-state index contributed by atoms with van der Waals surface area (Å²) in [4.78, 5) is 10.8. The van der Waals surface area contributed by atoms with Crippen LogP contribution in [0.25, 0.3) is 0 Å². The predicted octanol–water partition coefficient (Wildman–Crippen LogP) is 0.913. The van der Waals surface area contributed by atoms with Crippen LogP contribution in [0.5, 0.6) is 0 Å². The number of sulfonamides is 1. The third-order valence-corrected chi connectivity index (χ3v) is 4.81. The van der Waals surface area contributed by atoms with Crippen molar-refractivity contribution >= 4 is 16.0 Å². The molecule has 1 heterocycles. The van der Waals surface area contributed by atoms with Crippen LogP contribution in [0, 0.1) is 5.92 Å². The summed E-state index contributed by atoms with van der Waals surface area (Å²) >= 11 is 0. The molecule has 1 aliphatic rings. The normalized spacial score (nSPS) is 23.2. The zero-order chi connectivity index (χ0) is 12.2. The fourth-order valence-corrected chi connectivity index (χ4v) is 3.58. The molecule has 0 radical (unpaired) electrons. The minimum absolute atomic E-state index is 0.135. The van der Waals surface area contributed by atoms with Crippen molar-refractivity contribution in [3.05, 3.63) is 0 Å². The van der Waals surface area contributed by atoms with Crippen molar-refractivity contribution in [1.29, 1.82) is 0 Å². The Morgan fingerprint density at radius 1 is 1.50 bits per heavy atom. The number of carbonyl (C=O) groups is 1. The summed E-state index contributed by atoms with van der Waals surface area (Å²) < 4.78 is 25.0. The Morgan fingerprint density at radius 3 is 2.75 bits per heavy atom. The van der Waals surface area contributed by atoms with E-state index in [0.717, 1.165) is 6.42 Å². The van der Waals surface area contributed by atoms with Crippen molar-refractivity contribution in [1.82, 2.24) is 4.31 Å². The van der Waals surface area contributed by atoms with Crippen LogP contribution < -0.4 is 0 Å². The van der Waals surface area contributed by atoms with E-state index in [1.807, 2.05) is 6.92 Å².